The Morgan fingerprint density at radius 1 is 1.14 bits per heavy atom. The largest absolute Gasteiger partial charge is 0.496 e. The van der Waals surface area contributed by atoms with Gasteiger partial charge in [-0.05, 0) is 17.2 Å². The fraction of sp³-hybridized carbons (Fsp3) is 0.409. The average Bonchev–Trinajstić information content (AvgIpc) is 2.74. The van der Waals surface area contributed by atoms with Crippen LogP contribution >= 0.6 is 0 Å². The van der Waals surface area contributed by atoms with Gasteiger partial charge in [-0.1, -0.05) is 42.5 Å². The molecule has 150 valence electrons. The third kappa shape index (κ3) is 5.10. The van der Waals surface area contributed by atoms with Crippen LogP contribution < -0.4 is 15.4 Å². The smallest absolute Gasteiger partial charge is 0.234 e. The van der Waals surface area contributed by atoms with Gasteiger partial charge in [0.2, 0.25) is 5.91 Å². The van der Waals surface area contributed by atoms with E-state index in [9.17, 15) is 4.79 Å². The van der Waals surface area contributed by atoms with E-state index in [1.165, 1.54) is 0 Å². The maximum atomic E-state index is 12.6. The van der Waals surface area contributed by atoms with Crippen LogP contribution in [0.5, 0.6) is 5.75 Å². The van der Waals surface area contributed by atoms with Crippen LogP contribution in [0, 0.1) is 0 Å². The van der Waals surface area contributed by atoms with Gasteiger partial charge in [-0.15, -0.1) is 0 Å². The van der Waals surface area contributed by atoms with E-state index in [4.69, 9.17) is 9.47 Å². The van der Waals surface area contributed by atoms with Crippen molar-refractivity contribution in [3.63, 3.8) is 0 Å². The summed E-state index contributed by atoms with van der Waals surface area (Å²) in [5.74, 6) is 0.879. The summed E-state index contributed by atoms with van der Waals surface area (Å²) in [5.41, 5.74) is 3.29. The summed E-state index contributed by atoms with van der Waals surface area (Å²) >= 11 is 0. The van der Waals surface area contributed by atoms with E-state index in [-0.39, 0.29) is 11.9 Å². The van der Waals surface area contributed by atoms with Gasteiger partial charge in [0.25, 0.3) is 0 Å². The number of hydrogen-bond acceptors (Lipinski definition) is 5. The molecule has 1 aliphatic heterocycles. The first-order valence-electron chi connectivity index (χ1n) is 9.63. The third-order valence-electron chi connectivity index (χ3n) is 5.09. The van der Waals surface area contributed by atoms with Crippen molar-refractivity contribution in [2.75, 3.05) is 40.4 Å². The predicted octanol–water partition coefficient (Wildman–Crippen LogP) is 2.10. The van der Waals surface area contributed by atoms with Crippen molar-refractivity contribution in [1.29, 1.82) is 0 Å². The summed E-state index contributed by atoms with van der Waals surface area (Å²) in [6.07, 6.45) is 0. The summed E-state index contributed by atoms with van der Waals surface area (Å²) in [5, 5.41) is 6.48. The van der Waals surface area contributed by atoms with Gasteiger partial charge in [0.05, 0.1) is 26.3 Å². The van der Waals surface area contributed by atoms with Crippen molar-refractivity contribution >= 4 is 5.91 Å². The van der Waals surface area contributed by atoms with Crippen molar-refractivity contribution in [3.05, 3.63) is 65.2 Å². The molecule has 0 radical (unpaired) electrons. The Labute approximate surface area is 166 Å². The molecular formula is C22H29N3O3. The molecule has 1 amide bonds. The zero-order valence-corrected chi connectivity index (χ0v) is 16.6. The lowest BCUT2D eigenvalue weighted by atomic mass is 10.0. The fourth-order valence-electron chi connectivity index (χ4n) is 3.64. The Bertz CT molecular complexity index is 781. The second kappa shape index (κ2) is 10.2. The first kappa shape index (κ1) is 20.3. The second-order valence-corrected chi connectivity index (χ2v) is 6.91. The Hall–Kier alpha value is -2.41. The van der Waals surface area contributed by atoms with Crippen LogP contribution in [0.4, 0.5) is 0 Å². The fourth-order valence-corrected chi connectivity index (χ4v) is 3.64. The van der Waals surface area contributed by atoms with E-state index in [1.807, 2.05) is 42.5 Å². The van der Waals surface area contributed by atoms with E-state index in [0.29, 0.717) is 19.7 Å². The normalized spacial score (nSPS) is 17.3. The van der Waals surface area contributed by atoms with Crippen molar-refractivity contribution in [1.82, 2.24) is 15.5 Å². The Morgan fingerprint density at radius 2 is 1.89 bits per heavy atom. The third-order valence-corrected chi connectivity index (χ3v) is 5.09. The number of carbonyl (C=O) groups is 1. The Morgan fingerprint density at radius 3 is 2.68 bits per heavy atom. The van der Waals surface area contributed by atoms with E-state index >= 15 is 0 Å². The van der Waals surface area contributed by atoms with Gasteiger partial charge in [0.15, 0.2) is 0 Å². The highest BCUT2D eigenvalue weighted by atomic mass is 16.5. The molecule has 2 N–H and O–H groups in total. The van der Waals surface area contributed by atoms with Gasteiger partial charge in [0, 0.05) is 38.9 Å². The van der Waals surface area contributed by atoms with Crippen molar-refractivity contribution in [2.24, 2.45) is 0 Å². The Kier molecular flexibility index (Phi) is 7.42. The molecule has 1 saturated heterocycles. The zero-order valence-electron chi connectivity index (χ0n) is 16.6. The molecular weight excluding hydrogens is 354 g/mol. The minimum absolute atomic E-state index is 0.0222. The number of amides is 1. The number of nitrogens with zero attached hydrogens (tertiary/aromatic N) is 1. The average molecular weight is 383 g/mol. The molecule has 1 unspecified atom stereocenters. The quantitative estimate of drug-likeness (QED) is 0.731. The lowest BCUT2D eigenvalue weighted by molar-refractivity contribution is -0.123. The molecule has 1 fully saturated rings. The maximum absolute atomic E-state index is 12.6. The number of benzene rings is 2. The minimum Gasteiger partial charge on any atom is -0.496 e. The Balaban J connectivity index is 1.63. The predicted molar refractivity (Wildman–Crippen MR) is 109 cm³/mol. The lowest BCUT2D eigenvalue weighted by Crippen LogP contribution is -2.49. The molecule has 0 aromatic heterocycles. The lowest BCUT2D eigenvalue weighted by Gasteiger charge is -2.36. The molecule has 6 heteroatoms. The summed E-state index contributed by atoms with van der Waals surface area (Å²) in [6.45, 7) is 3.89. The monoisotopic (exact) mass is 383 g/mol. The van der Waals surface area contributed by atoms with Crippen LogP contribution in [0.25, 0.3) is 0 Å². The molecule has 1 atom stereocenters. The second-order valence-electron chi connectivity index (χ2n) is 6.91. The standard InChI is InChI=1S/C22H29N3O3/c1-27-16-18-8-4-3-7-17(18)13-24-22(26)15-25-12-11-23-14-20(25)19-9-5-6-10-21(19)28-2/h3-10,20,23H,11-16H2,1-2H3,(H,24,26). The first-order valence-corrected chi connectivity index (χ1v) is 9.63. The van der Waals surface area contributed by atoms with E-state index in [1.54, 1.807) is 14.2 Å². The molecule has 0 aliphatic carbocycles. The molecule has 2 aromatic rings. The van der Waals surface area contributed by atoms with Crippen LogP contribution in [0.15, 0.2) is 48.5 Å². The number of piperazine rings is 1. The van der Waals surface area contributed by atoms with Crippen LogP contribution in [0.3, 0.4) is 0 Å². The SMILES string of the molecule is COCc1ccccc1CNC(=O)CN1CCNCC1c1ccccc1OC. The number of para-hydroxylation sites is 1. The summed E-state index contributed by atoms with van der Waals surface area (Å²) < 4.78 is 10.8. The van der Waals surface area contributed by atoms with E-state index in [0.717, 1.165) is 42.1 Å². The first-order chi connectivity index (χ1) is 13.7. The van der Waals surface area contributed by atoms with Gasteiger partial charge < -0.3 is 20.1 Å². The summed E-state index contributed by atoms with van der Waals surface area (Å²) in [4.78, 5) is 14.9. The molecule has 0 saturated carbocycles. The molecule has 1 aliphatic rings. The van der Waals surface area contributed by atoms with Gasteiger partial charge in [-0.3, -0.25) is 9.69 Å². The highest BCUT2D eigenvalue weighted by Gasteiger charge is 2.27. The van der Waals surface area contributed by atoms with Crippen LogP contribution in [0.1, 0.15) is 22.7 Å². The van der Waals surface area contributed by atoms with Crippen molar-refractivity contribution in [2.45, 2.75) is 19.2 Å². The summed E-state index contributed by atoms with van der Waals surface area (Å²) in [6, 6.07) is 16.1. The number of methoxy groups -OCH3 is 2. The zero-order chi connectivity index (χ0) is 19.8. The molecule has 0 bridgehead atoms. The highest BCUT2D eigenvalue weighted by molar-refractivity contribution is 5.78. The van der Waals surface area contributed by atoms with Crippen LogP contribution in [-0.4, -0.2) is 51.2 Å². The minimum atomic E-state index is 0.0222. The molecule has 1 heterocycles. The van der Waals surface area contributed by atoms with Gasteiger partial charge in [-0.2, -0.15) is 0 Å². The maximum Gasteiger partial charge on any atom is 0.234 e. The van der Waals surface area contributed by atoms with Gasteiger partial charge >= 0.3 is 0 Å². The molecule has 28 heavy (non-hydrogen) atoms. The number of rotatable bonds is 8. The summed E-state index contributed by atoms with van der Waals surface area (Å²) in [7, 11) is 3.36. The number of ether oxygens (including phenoxy) is 2. The van der Waals surface area contributed by atoms with Crippen LogP contribution in [0.2, 0.25) is 0 Å². The van der Waals surface area contributed by atoms with Crippen molar-refractivity contribution in [3.8, 4) is 5.75 Å². The van der Waals surface area contributed by atoms with E-state index < -0.39 is 0 Å². The number of nitrogens with one attached hydrogen (secondary N) is 2. The molecule has 2 aromatic carbocycles. The van der Waals surface area contributed by atoms with Crippen molar-refractivity contribution < 1.29 is 14.3 Å². The topological polar surface area (TPSA) is 62.8 Å². The number of carbonyl (C=O) groups excluding carboxylic acids is 1. The molecule has 3 rings (SSSR count). The molecule has 0 spiro atoms. The highest BCUT2D eigenvalue weighted by Crippen LogP contribution is 2.29. The molecule has 6 nitrogen and oxygen atoms in total. The van der Waals surface area contributed by atoms with Crippen LogP contribution in [-0.2, 0) is 22.7 Å². The number of hydrogen-bond donors (Lipinski definition) is 2. The van der Waals surface area contributed by atoms with E-state index in [2.05, 4.69) is 21.6 Å². The van der Waals surface area contributed by atoms with Gasteiger partial charge in [0.1, 0.15) is 5.75 Å². The van der Waals surface area contributed by atoms with Gasteiger partial charge in [-0.25, -0.2) is 0 Å².